The first-order valence-electron chi connectivity index (χ1n) is 5.96. The summed E-state index contributed by atoms with van der Waals surface area (Å²) in [5.41, 5.74) is 7.74. The van der Waals surface area contributed by atoms with E-state index < -0.39 is 6.67 Å². The van der Waals surface area contributed by atoms with E-state index in [4.69, 9.17) is 15.2 Å². The molecule has 2 aliphatic rings. The molecule has 0 saturated heterocycles. The summed E-state index contributed by atoms with van der Waals surface area (Å²) >= 11 is 0. The van der Waals surface area contributed by atoms with Gasteiger partial charge in [-0.3, -0.25) is 0 Å². The minimum atomic E-state index is -0.475. The van der Waals surface area contributed by atoms with Gasteiger partial charge in [0.1, 0.15) is 6.67 Å². The number of halogens is 1. The van der Waals surface area contributed by atoms with Crippen LogP contribution in [0.2, 0.25) is 0 Å². The number of hydrogen-bond acceptors (Lipinski definition) is 3. The normalized spacial score (nSPS) is 19.4. The molecule has 92 valence electrons. The lowest BCUT2D eigenvalue weighted by atomic mass is 10.0. The number of nitrogens with two attached hydrogens (primary N) is 1. The molecule has 0 radical (unpaired) electrons. The highest BCUT2D eigenvalue weighted by molar-refractivity contribution is 5.51. The van der Waals surface area contributed by atoms with Crippen LogP contribution in [0.1, 0.15) is 30.4 Å². The number of alkyl halides is 1. The van der Waals surface area contributed by atoms with Crippen LogP contribution in [-0.2, 0) is 13.1 Å². The molecule has 3 rings (SSSR count). The lowest BCUT2D eigenvalue weighted by Crippen LogP contribution is -2.22. The van der Waals surface area contributed by atoms with Crippen LogP contribution in [0.5, 0.6) is 11.5 Å². The average Bonchev–Trinajstić information content (AvgIpc) is 2.90. The molecule has 2 N–H and O–H groups in total. The van der Waals surface area contributed by atoms with Crippen molar-refractivity contribution in [3.05, 3.63) is 23.3 Å². The summed E-state index contributed by atoms with van der Waals surface area (Å²) in [7, 11) is 0. The molecule has 0 unspecified atom stereocenters. The van der Waals surface area contributed by atoms with Gasteiger partial charge in [-0.05, 0) is 48.9 Å². The highest BCUT2D eigenvalue weighted by atomic mass is 19.1. The Morgan fingerprint density at radius 1 is 1.29 bits per heavy atom. The SMILES string of the molecule is NC1(CCc2cc(CF)cc3c2OCO3)CC1. The minimum Gasteiger partial charge on any atom is -0.454 e. The van der Waals surface area contributed by atoms with E-state index in [2.05, 4.69) is 0 Å². The van der Waals surface area contributed by atoms with Gasteiger partial charge in [-0.25, -0.2) is 4.39 Å². The summed E-state index contributed by atoms with van der Waals surface area (Å²) in [6, 6.07) is 3.57. The summed E-state index contributed by atoms with van der Waals surface area (Å²) in [4.78, 5) is 0. The number of ether oxygens (including phenoxy) is 2. The fraction of sp³-hybridized carbons (Fsp3) is 0.538. The molecule has 1 fully saturated rings. The summed E-state index contributed by atoms with van der Waals surface area (Å²) in [5.74, 6) is 1.43. The van der Waals surface area contributed by atoms with E-state index in [0.29, 0.717) is 11.3 Å². The maximum Gasteiger partial charge on any atom is 0.231 e. The van der Waals surface area contributed by atoms with Crippen molar-refractivity contribution in [2.24, 2.45) is 5.73 Å². The molecule has 0 atom stereocenters. The molecule has 0 aromatic heterocycles. The molecular weight excluding hydrogens is 221 g/mol. The van der Waals surface area contributed by atoms with E-state index in [1.165, 1.54) is 0 Å². The Balaban J connectivity index is 1.83. The number of rotatable bonds is 4. The Labute approximate surface area is 99.7 Å². The van der Waals surface area contributed by atoms with Gasteiger partial charge < -0.3 is 15.2 Å². The van der Waals surface area contributed by atoms with Gasteiger partial charge in [-0.2, -0.15) is 0 Å². The van der Waals surface area contributed by atoms with Crippen LogP contribution in [0.4, 0.5) is 4.39 Å². The van der Waals surface area contributed by atoms with Crippen LogP contribution in [0.15, 0.2) is 12.1 Å². The van der Waals surface area contributed by atoms with Crippen LogP contribution in [0.3, 0.4) is 0 Å². The van der Waals surface area contributed by atoms with Crippen molar-refractivity contribution >= 4 is 0 Å². The van der Waals surface area contributed by atoms with Gasteiger partial charge in [0.15, 0.2) is 11.5 Å². The van der Waals surface area contributed by atoms with E-state index in [1.807, 2.05) is 6.07 Å². The number of hydrogen-bond donors (Lipinski definition) is 1. The second-order valence-corrected chi connectivity index (χ2v) is 4.98. The lowest BCUT2D eigenvalue weighted by molar-refractivity contribution is 0.173. The molecule has 0 amide bonds. The summed E-state index contributed by atoms with van der Waals surface area (Å²) in [5, 5.41) is 0. The summed E-state index contributed by atoms with van der Waals surface area (Å²) in [6.07, 6.45) is 3.94. The molecule has 1 aromatic carbocycles. The molecular formula is C13H16FNO2. The lowest BCUT2D eigenvalue weighted by Gasteiger charge is -2.11. The van der Waals surface area contributed by atoms with Gasteiger partial charge in [-0.1, -0.05) is 0 Å². The highest BCUT2D eigenvalue weighted by Crippen LogP contribution is 2.41. The molecule has 1 saturated carbocycles. The van der Waals surface area contributed by atoms with Crippen molar-refractivity contribution in [1.29, 1.82) is 0 Å². The molecule has 1 aromatic rings. The molecule has 0 spiro atoms. The summed E-state index contributed by atoms with van der Waals surface area (Å²) in [6.45, 7) is -0.247. The van der Waals surface area contributed by atoms with E-state index in [1.54, 1.807) is 6.07 Å². The topological polar surface area (TPSA) is 44.5 Å². The van der Waals surface area contributed by atoms with Gasteiger partial charge in [-0.15, -0.1) is 0 Å². The van der Waals surface area contributed by atoms with Gasteiger partial charge in [0.2, 0.25) is 6.79 Å². The summed E-state index contributed by atoms with van der Waals surface area (Å²) < 4.78 is 23.5. The average molecular weight is 237 g/mol. The van der Waals surface area contributed by atoms with Crippen molar-refractivity contribution in [2.45, 2.75) is 37.9 Å². The zero-order valence-electron chi connectivity index (χ0n) is 9.67. The number of benzene rings is 1. The third-order valence-corrected chi connectivity index (χ3v) is 3.55. The quantitative estimate of drug-likeness (QED) is 0.874. The standard InChI is InChI=1S/C13H16FNO2/c14-7-9-5-10(1-2-13(15)3-4-13)12-11(6-9)16-8-17-12/h5-6H,1-4,7-8,15H2. The minimum absolute atomic E-state index is 0.0120. The maximum absolute atomic E-state index is 12.7. The molecule has 3 nitrogen and oxygen atoms in total. The fourth-order valence-corrected chi connectivity index (χ4v) is 2.20. The van der Waals surface area contributed by atoms with Gasteiger partial charge in [0.25, 0.3) is 0 Å². The fourth-order valence-electron chi connectivity index (χ4n) is 2.20. The molecule has 17 heavy (non-hydrogen) atoms. The van der Waals surface area contributed by atoms with Gasteiger partial charge in [0, 0.05) is 5.54 Å². The first-order chi connectivity index (χ1) is 8.20. The van der Waals surface area contributed by atoms with E-state index in [9.17, 15) is 4.39 Å². The van der Waals surface area contributed by atoms with Crippen molar-refractivity contribution < 1.29 is 13.9 Å². The van der Waals surface area contributed by atoms with Crippen LogP contribution in [-0.4, -0.2) is 12.3 Å². The van der Waals surface area contributed by atoms with E-state index in [-0.39, 0.29) is 12.3 Å². The van der Waals surface area contributed by atoms with Crippen molar-refractivity contribution in [2.75, 3.05) is 6.79 Å². The Kier molecular flexibility index (Phi) is 2.47. The Bertz CT molecular complexity index is 443. The third kappa shape index (κ3) is 2.09. The van der Waals surface area contributed by atoms with E-state index >= 15 is 0 Å². The van der Waals surface area contributed by atoms with Crippen LogP contribution >= 0.6 is 0 Å². The second kappa shape index (κ2) is 3.88. The van der Waals surface area contributed by atoms with Gasteiger partial charge >= 0.3 is 0 Å². The second-order valence-electron chi connectivity index (χ2n) is 4.98. The first-order valence-corrected chi connectivity index (χ1v) is 5.96. The largest absolute Gasteiger partial charge is 0.454 e. The zero-order valence-corrected chi connectivity index (χ0v) is 9.67. The van der Waals surface area contributed by atoms with Crippen LogP contribution < -0.4 is 15.2 Å². The predicted octanol–water partition coefficient (Wildman–Crippen LogP) is 2.31. The molecule has 1 aliphatic carbocycles. The number of aryl methyl sites for hydroxylation is 1. The Morgan fingerprint density at radius 2 is 2.12 bits per heavy atom. The smallest absolute Gasteiger partial charge is 0.231 e. The van der Waals surface area contributed by atoms with E-state index in [0.717, 1.165) is 37.0 Å². The monoisotopic (exact) mass is 237 g/mol. The highest BCUT2D eigenvalue weighted by Gasteiger charge is 2.37. The maximum atomic E-state index is 12.7. The van der Waals surface area contributed by atoms with Gasteiger partial charge in [0.05, 0.1) is 0 Å². The molecule has 4 heteroatoms. The number of fused-ring (bicyclic) bond motifs is 1. The molecule has 1 aliphatic heterocycles. The molecule has 1 heterocycles. The van der Waals surface area contributed by atoms with Crippen molar-refractivity contribution in [1.82, 2.24) is 0 Å². The van der Waals surface area contributed by atoms with Crippen LogP contribution in [0.25, 0.3) is 0 Å². The zero-order chi connectivity index (χ0) is 11.9. The first kappa shape index (κ1) is 10.8. The Morgan fingerprint density at radius 3 is 2.82 bits per heavy atom. The molecule has 0 bridgehead atoms. The third-order valence-electron chi connectivity index (χ3n) is 3.55. The van der Waals surface area contributed by atoms with Crippen LogP contribution in [0, 0.1) is 0 Å². The predicted molar refractivity (Wildman–Crippen MR) is 61.9 cm³/mol. The Hall–Kier alpha value is -1.29. The van der Waals surface area contributed by atoms with Crippen molar-refractivity contribution in [3.8, 4) is 11.5 Å². The van der Waals surface area contributed by atoms with Crippen molar-refractivity contribution in [3.63, 3.8) is 0 Å².